The molecule has 8 heteroatoms. The summed E-state index contributed by atoms with van der Waals surface area (Å²) in [6.07, 6.45) is 0.831. The summed E-state index contributed by atoms with van der Waals surface area (Å²) < 4.78 is 21.9. The fraction of sp³-hybridized carbons (Fsp3) is 0.333. The zero-order valence-electron chi connectivity index (χ0n) is 16.4. The first-order valence-corrected chi connectivity index (χ1v) is 9.27. The summed E-state index contributed by atoms with van der Waals surface area (Å²) in [5.74, 6) is 1.18. The maximum absolute atomic E-state index is 12.7. The van der Waals surface area contributed by atoms with Crippen LogP contribution in [-0.4, -0.2) is 38.7 Å². The highest BCUT2D eigenvalue weighted by Crippen LogP contribution is 2.32. The number of rotatable bonds is 7. The van der Waals surface area contributed by atoms with Crippen LogP contribution in [0.3, 0.4) is 0 Å². The van der Waals surface area contributed by atoms with Gasteiger partial charge < -0.3 is 30.0 Å². The van der Waals surface area contributed by atoms with E-state index in [4.69, 9.17) is 24.7 Å². The zero-order chi connectivity index (χ0) is 20.8. The molecular formula is C21H24N2O6. The summed E-state index contributed by atoms with van der Waals surface area (Å²) in [5, 5.41) is 2.95. The Morgan fingerprint density at radius 1 is 1.10 bits per heavy atom. The SMILES string of the molecule is COc1cc(C(=O)NC(C)c2ccc3c(c2)OCCCO3)ccc1OCC(N)=O. The molecule has 2 aromatic rings. The van der Waals surface area contributed by atoms with Gasteiger partial charge in [0.15, 0.2) is 29.6 Å². The van der Waals surface area contributed by atoms with Gasteiger partial charge in [-0.1, -0.05) is 6.07 Å². The molecule has 154 valence electrons. The second-order valence-electron chi connectivity index (χ2n) is 6.57. The molecule has 2 amide bonds. The highest BCUT2D eigenvalue weighted by molar-refractivity contribution is 5.95. The smallest absolute Gasteiger partial charge is 0.255 e. The van der Waals surface area contributed by atoms with E-state index in [0.29, 0.717) is 41.8 Å². The molecule has 3 N–H and O–H groups in total. The first kappa shape index (κ1) is 20.3. The van der Waals surface area contributed by atoms with Crippen LogP contribution in [0.4, 0.5) is 0 Å². The number of ether oxygens (including phenoxy) is 4. The minimum absolute atomic E-state index is 0.253. The lowest BCUT2D eigenvalue weighted by molar-refractivity contribution is -0.119. The van der Waals surface area contributed by atoms with Gasteiger partial charge >= 0.3 is 0 Å². The van der Waals surface area contributed by atoms with Gasteiger partial charge in [0.25, 0.3) is 11.8 Å². The van der Waals surface area contributed by atoms with E-state index in [1.54, 1.807) is 18.2 Å². The Morgan fingerprint density at radius 3 is 2.59 bits per heavy atom. The fourth-order valence-electron chi connectivity index (χ4n) is 2.89. The molecular weight excluding hydrogens is 376 g/mol. The van der Waals surface area contributed by atoms with Crippen LogP contribution in [0.15, 0.2) is 36.4 Å². The molecule has 2 aromatic carbocycles. The molecule has 0 spiro atoms. The molecule has 0 aliphatic carbocycles. The molecule has 1 atom stereocenters. The standard InChI is InChI=1S/C21H24N2O6/c1-13(14-4-6-17-19(10-14)28-9-3-8-27-17)23-21(25)15-5-7-16(18(11-15)26-2)29-12-20(22)24/h4-7,10-11,13H,3,8-9,12H2,1-2H3,(H2,22,24)(H,23,25). The average Bonchev–Trinajstić information content (AvgIpc) is 2.96. The first-order valence-electron chi connectivity index (χ1n) is 9.27. The summed E-state index contributed by atoms with van der Waals surface area (Å²) in [6, 6.07) is 10.1. The number of benzene rings is 2. The third-order valence-electron chi connectivity index (χ3n) is 4.41. The molecule has 8 nitrogen and oxygen atoms in total. The van der Waals surface area contributed by atoms with E-state index in [0.717, 1.165) is 12.0 Å². The number of methoxy groups -OCH3 is 1. The van der Waals surface area contributed by atoms with Crippen LogP contribution in [0.25, 0.3) is 0 Å². The van der Waals surface area contributed by atoms with E-state index >= 15 is 0 Å². The van der Waals surface area contributed by atoms with Gasteiger partial charge in [-0.25, -0.2) is 0 Å². The Kier molecular flexibility index (Phi) is 6.43. The van der Waals surface area contributed by atoms with Crippen LogP contribution in [0.2, 0.25) is 0 Å². The van der Waals surface area contributed by atoms with Gasteiger partial charge in [0.05, 0.1) is 26.4 Å². The van der Waals surface area contributed by atoms with Crippen molar-refractivity contribution in [3.63, 3.8) is 0 Å². The number of nitrogens with two attached hydrogens (primary N) is 1. The van der Waals surface area contributed by atoms with E-state index in [9.17, 15) is 9.59 Å². The van der Waals surface area contributed by atoms with Crippen molar-refractivity contribution in [2.45, 2.75) is 19.4 Å². The van der Waals surface area contributed by atoms with Crippen molar-refractivity contribution >= 4 is 11.8 Å². The Balaban J connectivity index is 1.71. The van der Waals surface area contributed by atoms with Crippen LogP contribution in [0.5, 0.6) is 23.0 Å². The lowest BCUT2D eigenvalue weighted by Crippen LogP contribution is -2.26. The van der Waals surface area contributed by atoms with Crippen LogP contribution in [0.1, 0.15) is 35.3 Å². The van der Waals surface area contributed by atoms with Crippen LogP contribution >= 0.6 is 0 Å². The molecule has 1 heterocycles. The third kappa shape index (κ3) is 5.10. The monoisotopic (exact) mass is 400 g/mol. The van der Waals surface area contributed by atoms with Gasteiger partial charge in [-0.3, -0.25) is 9.59 Å². The van der Waals surface area contributed by atoms with Crippen molar-refractivity contribution in [2.75, 3.05) is 26.9 Å². The number of hydrogen-bond donors (Lipinski definition) is 2. The van der Waals surface area contributed by atoms with Crippen molar-refractivity contribution in [3.05, 3.63) is 47.5 Å². The van der Waals surface area contributed by atoms with Crippen LogP contribution < -0.4 is 30.0 Å². The van der Waals surface area contributed by atoms with Gasteiger partial charge in [-0.2, -0.15) is 0 Å². The van der Waals surface area contributed by atoms with E-state index in [1.807, 2.05) is 25.1 Å². The van der Waals surface area contributed by atoms with Crippen LogP contribution in [0, 0.1) is 0 Å². The van der Waals surface area contributed by atoms with Crippen molar-refractivity contribution in [1.82, 2.24) is 5.32 Å². The maximum Gasteiger partial charge on any atom is 0.255 e. The molecule has 0 saturated heterocycles. The molecule has 29 heavy (non-hydrogen) atoms. The topological polar surface area (TPSA) is 109 Å². The first-order chi connectivity index (χ1) is 14.0. The van der Waals surface area contributed by atoms with Gasteiger partial charge in [-0.05, 0) is 42.8 Å². The number of nitrogens with one attached hydrogen (secondary N) is 1. The number of carbonyl (C=O) groups is 2. The van der Waals surface area contributed by atoms with Crippen molar-refractivity contribution in [3.8, 4) is 23.0 Å². The summed E-state index contributed by atoms with van der Waals surface area (Å²) in [7, 11) is 1.45. The molecule has 0 aromatic heterocycles. The van der Waals surface area contributed by atoms with E-state index in [-0.39, 0.29) is 18.6 Å². The second-order valence-corrected chi connectivity index (χ2v) is 6.57. The minimum atomic E-state index is -0.599. The fourth-order valence-corrected chi connectivity index (χ4v) is 2.89. The van der Waals surface area contributed by atoms with Gasteiger partial charge in [0.1, 0.15) is 0 Å². The Labute approximate surface area is 168 Å². The highest BCUT2D eigenvalue weighted by atomic mass is 16.5. The molecule has 3 rings (SSSR count). The highest BCUT2D eigenvalue weighted by Gasteiger charge is 2.17. The molecule has 1 aliphatic rings. The van der Waals surface area contributed by atoms with E-state index < -0.39 is 5.91 Å². The molecule has 0 saturated carbocycles. The second kappa shape index (κ2) is 9.18. The third-order valence-corrected chi connectivity index (χ3v) is 4.41. The van der Waals surface area contributed by atoms with Crippen LogP contribution in [-0.2, 0) is 4.79 Å². The molecule has 1 aliphatic heterocycles. The Morgan fingerprint density at radius 2 is 1.86 bits per heavy atom. The molecule has 0 fully saturated rings. The number of amides is 2. The normalized spacial score (nSPS) is 13.7. The van der Waals surface area contributed by atoms with E-state index in [1.165, 1.54) is 7.11 Å². The summed E-state index contributed by atoms with van der Waals surface area (Å²) in [5.41, 5.74) is 6.38. The van der Waals surface area contributed by atoms with Crippen molar-refractivity contribution in [1.29, 1.82) is 0 Å². The van der Waals surface area contributed by atoms with Gasteiger partial charge in [-0.15, -0.1) is 0 Å². The Hall–Kier alpha value is -3.42. The maximum atomic E-state index is 12.7. The number of carbonyl (C=O) groups excluding carboxylic acids is 2. The number of fused-ring (bicyclic) bond motifs is 1. The van der Waals surface area contributed by atoms with Crippen molar-refractivity contribution < 1.29 is 28.5 Å². The number of hydrogen-bond acceptors (Lipinski definition) is 6. The quantitative estimate of drug-likeness (QED) is 0.738. The van der Waals surface area contributed by atoms with E-state index in [2.05, 4.69) is 5.32 Å². The predicted octanol–water partition coefficient (Wildman–Crippen LogP) is 2.21. The lowest BCUT2D eigenvalue weighted by Gasteiger charge is -2.17. The molecule has 0 bridgehead atoms. The van der Waals surface area contributed by atoms with Gasteiger partial charge in [0.2, 0.25) is 0 Å². The zero-order valence-corrected chi connectivity index (χ0v) is 16.4. The average molecular weight is 400 g/mol. The Bertz CT molecular complexity index is 899. The largest absolute Gasteiger partial charge is 0.493 e. The lowest BCUT2D eigenvalue weighted by atomic mass is 10.1. The predicted molar refractivity (Wildman–Crippen MR) is 106 cm³/mol. The summed E-state index contributed by atoms with van der Waals surface area (Å²) >= 11 is 0. The molecule has 1 unspecified atom stereocenters. The van der Waals surface area contributed by atoms with Crippen molar-refractivity contribution in [2.24, 2.45) is 5.73 Å². The summed E-state index contributed by atoms with van der Waals surface area (Å²) in [6.45, 7) is 2.84. The molecule has 0 radical (unpaired) electrons. The number of primary amides is 1. The summed E-state index contributed by atoms with van der Waals surface area (Å²) in [4.78, 5) is 23.6. The minimum Gasteiger partial charge on any atom is -0.493 e. The van der Waals surface area contributed by atoms with Gasteiger partial charge in [0, 0.05) is 12.0 Å².